The zero-order valence-electron chi connectivity index (χ0n) is 13.1. The second kappa shape index (κ2) is 9.32. The molecule has 2 N–H and O–H groups in total. The second-order valence-corrected chi connectivity index (χ2v) is 5.82. The highest BCUT2D eigenvalue weighted by Gasteiger charge is 2.33. The van der Waals surface area contributed by atoms with Crippen molar-refractivity contribution in [1.82, 2.24) is 4.90 Å². The van der Waals surface area contributed by atoms with Crippen LogP contribution in [0.3, 0.4) is 0 Å². The summed E-state index contributed by atoms with van der Waals surface area (Å²) < 4.78 is 10.2. The maximum atomic E-state index is 12.7. The fraction of sp³-hybridized carbons (Fsp3) is 0.933. The molecule has 1 rings (SSSR count). The Hall–Kier alpha value is -0.650. The molecule has 1 saturated carbocycles. The van der Waals surface area contributed by atoms with Gasteiger partial charge in [-0.2, -0.15) is 0 Å². The molecule has 3 unspecified atom stereocenters. The molecule has 0 aromatic rings. The van der Waals surface area contributed by atoms with Crippen molar-refractivity contribution in [3.8, 4) is 0 Å². The molecule has 0 heterocycles. The topological polar surface area (TPSA) is 64.8 Å². The van der Waals surface area contributed by atoms with Gasteiger partial charge in [0.2, 0.25) is 5.91 Å². The molecule has 1 amide bonds. The Morgan fingerprint density at radius 2 is 1.90 bits per heavy atom. The van der Waals surface area contributed by atoms with E-state index in [9.17, 15) is 4.79 Å². The summed E-state index contributed by atoms with van der Waals surface area (Å²) in [6.45, 7) is 4.80. The predicted molar refractivity (Wildman–Crippen MR) is 79.4 cm³/mol. The Balaban J connectivity index is 2.59. The van der Waals surface area contributed by atoms with Crippen LogP contribution in [0.15, 0.2) is 0 Å². The Kier molecular flexibility index (Phi) is 8.11. The Bertz CT molecular complexity index is 286. The molecule has 0 bridgehead atoms. The SMILES string of the molecule is COCCCN(CCOC)C(=O)C1CC(N)CCC1C. The highest BCUT2D eigenvalue weighted by atomic mass is 16.5. The molecule has 1 fully saturated rings. The molecular weight excluding hydrogens is 256 g/mol. The van der Waals surface area contributed by atoms with Crippen molar-refractivity contribution in [3.05, 3.63) is 0 Å². The van der Waals surface area contributed by atoms with Crippen molar-refractivity contribution in [2.75, 3.05) is 40.5 Å². The van der Waals surface area contributed by atoms with Gasteiger partial charge in [0.1, 0.15) is 0 Å². The van der Waals surface area contributed by atoms with Crippen LogP contribution in [0.2, 0.25) is 0 Å². The predicted octanol–water partition coefficient (Wildman–Crippen LogP) is 1.26. The highest BCUT2D eigenvalue weighted by Crippen LogP contribution is 2.30. The number of hydrogen-bond donors (Lipinski definition) is 1. The van der Waals surface area contributed by atoms with Crippen molar-refractivity contribution in [2.24, 2.45) is 17.6 Å². The van der Waals surface area contributed by atoms with Gasteiger partial charge in [0.15, 0.2) is 0 Å². The van der Waals surface area contributed by atoms with E-state index in [4.69, 9.17) is 15.2 Å². The molecule has 5 nitrogen and oxygen atoms in total. The number of nitrogens with two attached hydrogens (primary N) is 1. The molecule has 0 saturated heterocycles. The summed E-state index contributed by atoms with van der Waals surface area (Å²) in [6, 6.07) is 0.170. The molecule has 20 heavy (non-hydrogen) atoms. The van der Waals surface area contributed by atoms with Crippen LogP contribution in [0, 0.1) is 11.8 Å². The molecule has 0 radical (unpaired) electrons. The largest absolute Gasteiger partial charge is 0.385 e. The lowest BCUT2D eigenvalue weighted by Crippen LogP contribution is -2.45. The average Bonchev–Trinajstić information content (AvgIpc) is 2.44. The third-order valence-electron chi connectivity index (χ3n) is 4.21. The van der Waals surface area contributed by atoms with Gasteiger partial charge in [-0.25, -0.2) is 0 Å². The van der Waals surface area contributed by atoms with Gasteiger partial charge in [-0.3, -0.25) is 4.79 Å². The summed E-state index contributed by atoms with van der Waals surface area (Å²) in [7, 11) is 3.35. The molecule has 0 aromatic heterocycles. The molecule has 3 atom stereocenters. The number of carbonyl (C=O) groups is 1. The first-order chi connectivity index (χ1) is 9.60. The Morgan fingerprint density at radius 1 is 1.20 bits per heavy atom. The smallest absolute Gasteiger partial charge is 0.226 e. The van der Waals surface area contributed by atoms with E-state index in [0.29, 0.717) is 25.7 Å². The zero-order chi connectivity index (χ0) is 15.0. The van der Waals surface area contributed by atoms with Crippen molar-refractivity contribution in [3.63, 3.8) is 0 Å². The summed E-state index contributed by atoms with van der Waals surface area (Å²) in [5.74, 6) is 0.730. The van der Waals surface area contributed by atoms with E-state index < -0.39 is 0 Å². The molecule has 1 aliphatic rings. The molecule has 1 aliphatic carbocycles. The number of carbonyl (C=O) groups excluding carboxylic acids is 1. The average molecular weight is 286 g/mol. The summed E-state index contributed by atoms with van der Waals surface area (Å²) in [5.41, 5.74) is 6.03. The molecule has 0 aliphatic heterocycles. The minimum atomic E-state index is 0.0677. The Morgan fingerprint density at radius 3 is 2.55 bits per heavy atom. The van der Waals surface area contributed by atoms with E-state index in [1.54, 1.807) is 14.2 Å². The van der Waals surface area contributed by atoms with E-state index >= 15 is 0 Å². The number of rotatable bonds is 8. The lowest BCUT2D eigenvalue weighted by Gasteiger charge is -2.35. The zero-order valence-corrected chi connectivity index (χ0v) is 13.1. The van der Waals surface area contributed by atoms with E-state index in [2.05, 4.69) is 6.92 Å². The first-order valence-corrected chi connectivity index (χ1v) is 7.62. The van der Waals surface area contributed by atoms with Crippen molar-refractivity contribution in [2.45, 2.75) is 38.6 Å². The number of amides is 1. The quantitative estimate of drug-likeness (QED) is 0.682. The van der Waals surface area contributed by atoms with E-state index in [1.807, 2.05) is 4.90 Å². The van der Waals surface area contributed by atoms with Crippen LogP contribution in [0.25, 0.3) is 0 Å². The first kappa shape index (κ1) is 17.4. The van der Waals surface area contributed by atoms with Crippen LogP contribution in [0.4, 0.5) is 0 Å². The van der Waals surface area contributed by atoms with Crippen molar-refractivity contribution >= 4 is 5.91 Å². The van der Waals surface area contributed by atoms with E-state index in [1.165, 1.54) is 0 Å². The lowest BCUT2D eigenvalue weighted by molar-refractivity contribution is -0.139. The molecule has 118 valence electrons. The summed E-state index contributed by atoms with van der Waals surface area (Å²) >= 11 is 0. The molecule has 0 spiro atoms. The van der Waals surface area contributed by atoms with Crippen molar-refractivity contribution in [1.29, 1.82) is 0 Å². The van der Waals surface area contributed by atoms with Crippen LogP contribution in [0.5, 0.6) is 0 Å². The standard InChI is InChI=1S/C15H30N2O3/c1-12-5-6-13(16)11-14(12)15(18)17(8-10-20-3)7-4-9-19-2/h12-14H,4-11,16H2,1-3H3. The van der Waals surface area contributed by atoms with Crippen LogP contribution >= 0.6 is 0 Å². The maximum Gasteiger partial charge on any atom is 0.226 e. The molecular formula is C15H30N2O3. The lowest BCUT2D eigenvalue weighted by atomic mass is 9.77. The van der Waals surface area contributed by atoms with Gasteiger partial charge < -0.3 is 20.1 Å². The summed E-state index contributed by atoms with van der Waals surface area (Å²) in [6.07, 6.45) is 3.76. The third-order valence-corrected chi connectivity index (χ3v) is 4.21. The maximum absolute atomic E-state index is 12.7. The van der Waals surface area contributed by atoms with Crippen LogP contribution < -0.4 is 5.73 Å². The number of methoxy groups -OCH3 is 2. The van der Waals surface area contributed by atoms with Gasteiger partial charge in [-0.1, -0.05) is 6.92 Å². The normalized spacial score (nSPS) is 26.5. The number of hydrogen-bond acceptors (Lipinski definition) is 4. The van der Waals surface area contributed by atoms with Gasteiger partial charge in [-0.15, -0.1) is 0 Å². The first-order valence-electron chi connectivity index (χ1n) is 7.62. The molecule has 0 aromatic carbocycles. The minimum Gasteiger partial charge on any atom is -0.385 e. The van der Waals surface area contributed by atoms with Gasteiger partial charge in [0.05, 0.1) is 6.61 Å². The van der Waals surface area contributed by atoms with Crippen LogP contribution in [0.1, 0.15) is 32.6 Å². The number of ether oxygens (including phenoxy) is 2. The Labute approximate surface area is 122 Å². The molecule has 5 heteroatoms. The van der Waals surface area contributed by atoms with E-state index in [0.717, 1.165) is 32.2 Å². The second-order valence-electron chi connectivity index (χ2n) is 5.82. The number of nitrogens with zero attached hydrogens (tertiary/aromatic N) is 1. The third kappa shape index (κ3) is 5.38. The summed E-state index contributed by atoms with van der Waals surface area (Å²) in [4.78, 5) is 14.6. The minimum absolute atomic E-state index is 0.0677. The van der Waals surface area contributed by atoms with E-state index in [-0.39, 0.29) is 17.9 Å². The highest BCUT2D eigenvalue weighted by molar-refractivity contribution is 5.79. The van der Waals surface area contributed by atoms with Gasteiger partial charge in [0, 0.05) is 45.9 Å². The van der Waals surface area contributed by atoms with Crippen LogP contribution in [-0.2, 0) is 14.3 Å². The monoisotopic (exact) mass is 286 g/mol. The van der Waals surface area contributed by atoms with Gasteiger partial charge in [-0.05, 0) is 31.6 Å². The summed E-state index contributed by atoms with van der Waals surface area (Å²) in [5, 5.41) is 0. The fourth-order valence-electron chi connectivity index (χ4n) is 2.87. The van der Waals surface area contributed by atoms with Gasteiger partial charge >= 0.3 is 0 Å². The van der Waals surface area contributed by atoms with Gasteiger partial charge in [0.25, 0.3) is 0 Å². The van der Waals surface area contributed by atoms with Crippen molar-refractivity contribution < 1.29 is 14.3 Å². The fourth-order valence-corrected chi connectivity index (χ4v) is 2.87. The van der Waals surface area contributed by atoms with Crippen LogP contribution in [-0.4, -0.2) is 57.4 Å².